The summed E-state index contributed by atoms with van der Waals surface area (Å²) in [6.07, 6.45) is 8.87. The Morgan fingerprint density at radius 2 is 1.11 bits per heavy atom. The molecule has 18 heavy (non-hydrogen) atoms. The van der Waals surface area contributed by atoms with Gasteiger partial charge in [-0.1, -0.05) is 0 Å². The Morgan fingerprint density at radius 3 is 1.39 bits per heavy atom. The van der Waals surface area contributed by atoms with Gasteiger partial charge in [0.15, 0.2) is 0 Å². The molecule has 0 radical (unpaired) electrons. The van der Waals surface area contributed by atoms with Crippen molar-refractivity contribution in [2.75, 3.05) is 13.2 Å². The second-order valence-electron chi connectivity index (χ2n) is 5.94. The van der Waals surface area contributed by atoms with Crippen molar-refractivity contribution >= 4 is 0 Å². The van der Waals surface area contributed by atoms with Crippen LogP contribution in [0, 0.1) is 11.8 Å². The van der Waals surface area contributed by atoms with E-state index in [1.807, 2.05) is 12.5 Å². The first kappa shape index (κ1) is 15.1. The molecule has 0 saturated heterocycles. The van der Waals surface area contributed by atoms with E-state index in [2.05, 4.69) is 27.7 Å². The molecule has 0 unspecified atom stereocenters. The molecule has 104 valence electrons. The van der Waals surface area contributed by atoms with Crippen molar-refractivity contribution in [2.45, 2.75) is 53.4 Å². The molecule has 2 nitrogen and oxygen atoms in total. The lowest BCUT2D eigenvalue weighted by atomic mass is 9.83. The van der Waals surface area contributed by atoms with Gasteiger partial charge in [-0.05, 0) is 76.4 Å². The summed E-state index contributed by atoms with van der Waals surface area (Å²) in [6, 6.07) is 0. The predicted molar refractivity (Wildman–Crippen MR) is 76.2 cm³/mol. The van der Waals surface area contributed by atoms with Crippen LogP contribution in [0.3, 0.4) is 0 Å². The molecule has 0 atom stereocenters. The van der Waals surface area contributed by atoms with Crippen molar-refractivity contribution in [3.63, 3.8) is 0 Å². The van der Waals surface area contributed by atoms with E-state index >= 15 is 0 Å². The second-order valence-corrected chi connectivity index (χ2v) is 5.94. The molecule has 0 aromatic carbocycles. The average Bonchev–Trinajstić information content (AvgIpc) is 2.30. The molecule has 1 rings (SSSR count). The van der Waals surface area contributed by atoms with Crippen molar-refractivity contribution in [1.29, 1.82) is 0 Å². The van der Waals surface area contributed by atoms with Crippen LogP contribution in [-0.2, 0) is 9.47 Å². The highest BCUT2D eigenvalue weighted by Crippen LogP contribution is 2.29. The van der Waals surface area contributed by atoms with E-state index < -0.39 is 0 Å². The Hall–Kier alpha value is -0.920. The predicted octanol–water partition coefficient (Wildman–Crippen LogP) is 4.67. The second kappa shape index (κ2) is 8.23. The molecule has 0 aliphatic heterocycles. The number of hydrogen-bond acceptors (Lipinski definition) is 2. The Morgan fingerprint density at radius 1 is 0.778 bits per heavy atom. The van der Waals surface area contributed by atoms with E-state index in [-0.39, 0.29) is 0 Å². The highest BCUT2D eigenvalue weighted by molar-refractivity contribution is 4.87. The lowest BCUT2D eigenvalue weighted by Gasteiger charge is -2.27. The van der Waals surface area contributed by atoms with E-state index in [1.54, 1.807) is 0 Å². The third-order valence-electron chi connectivity index (χ3n) is 3.27. The average molecular weight is 252 g/mol. The fourth-order valence-electron chi connectivity index (χ4n) is 2.27. The van der Waals surface area contributed by atoms with Gasteiger partial charge in [-0.3, -0.25) is 0 Å². The standard InChI is InChI=1S/C16H28O2/c1-13(2)9-17-11-15-5-7-16(8-6-15)12-18-10-14(3)4/h9-10,15-16H,5-8,11-12H2,1-4H3. The normalized spacial score (nSPS) is 23.1. The zero-order valence-electron chi connectivity index (χ0n) is 12.4. The van der Waals surface area contributed by atoms with Gasteiger partial charge in [0.2, 0.25) is 0 Å². The van der Waals surface area contributed by atoms with Crippen LogP contribution in [0.25, 0.3) is 0 Å². The summed E-state index contributed by atoms with van der Waals surface area (Å²) >= 11 is 0. The van der Waals surface area contributed by atoms with Crippen LogP contribution in [-0.4, -0.2) is 13.2 Å². The zero-order chi connectivity index (χ0) is 13.4. The van der Waals surface area contributed by atoms with Crippen molar-refractivity contribution < 1.29 is 9.47 Å². The number of rotatable bonds is 6. The molecule has 0 amide bonds. The first-order chi connectivity index (χ1) is 8.58. The monoisotopic (exact) mass is 252 g/mol. The van der Waals surface area contributed by atoms with Crippen LogP contribution in [0.1, 0.15) is 53.4 Å². The van der Waals surface area contributed by atoms with Crippen LogP contribution in [0.15, 0.2) is 23.7 Å². The lowest BCUT2D eigenvalue weighted by molar-refractivity contribution is 0.112. The summed E-state index contributed by atoms with van der Waals surface area (Å²) in [5.41, 5.74) is 2.47. The summed E-state index contributed by atoms with van der Waals surface area (Å²) in [5, 5.41) is 0. The van der Waals surface area contributed by atoms with Gasteiger partial charge in [0.1, 0.15) is 0 Å². The molecule has 0 heterocycles. The Labute approximate surface area is 112 Å². The summed E-state index contributed by atoms with van der Waals surface area (Å²) in [6.45, 7) is 10.0. The fraction of sp³-hybridized carbons (Fsp3) is 0.750. The summed E-state index contributed by atoms with van der Waals surface area (Å²) in [4.78, 5) is 0. The Bertz CT molecular complexity index is 245. The molecule has 0 N–H and O–H groups in total. The van der Waals surface area contributed by atoms with Crippen LogP contribution in [0.4, 0.5) is 0 Å². The minimum absolute atomic E-state index is 0.736. The molecule has 0 aromatic rings. The molecule has 2 heteroatoms. The lowest BCUT2D eigenvalue weighted by Crippen LogP contribution is -2.20. The van der Waals surface area contributed by atoms with Gasteiger partial charge in [-0.2, -0.15) is 0 Å². The van der Waals surface area contributed by atoms with Gasteiger partial charge in [0.05, 0.1) is 25.7 Å². The zero-order valence-corrected chi connectivity index (χ0v) is 12.4. The number of ether oxygens (including phenoxy) is 2. The Balaban J connectivity index is 2.13. The van der Waals surface area contributed by atoms with Gasteiger partial charge in [-0.25, -0.2) is 0 Å². The molecular formula is C16H28O2. The molecule has 0 aromatic heterocycles. The molecule has 0 bridgehead atoms. The van der Waals surface area contributed by atoms with E-state index in [9.17, 15) is 0 Å². The topological polar surface area (TPSA) is 18.5 Å². The van der Waals surface area contributed by atoms with Gasteiger partial charge in [0, 0.05) is 0 Å². The Kier molecular flexibility index (Phi) is 6.92. The number of hydrogen-bond donors (Lipinski definition) is 0. The summed E-state index contributed by atoms with van der Waals surface area (Å²) < 4.78 is 11.2. The van der Waals surface area contributed by atoms with Crippen molar-refractivity contribution in [1.82, 2.24) is 0 Å². The quantitative estimate of drug-likeness (QED) is 0.639. The highest BCUT2D eigenvalue weighted by Gasteiger charge is 2.21. The summed E-state index contributed by atoms with van der Waals surface area (Å²) in [5.74, 6) is 1.47. The van der Waals surface area contributed by atoms with Crippen LogP contribution in [0.5, 0.6) is 0 Å². The first-order valence-corrected chi connectivity index (χ1v) is 7.08. The fourth-order valence-corrected chi connectivity index (χ4v) is 2.27. The summed E-state index contributed by atoms with van der Waals surface area (Å²) in [7, 11) is 0. The molecule has 1 saturated carbocycles. The molecule has 0 spiro atoms. The maximum absolute atomic E-state index is 5.58. The van der Waals surface area contributed by atoms with E-state index in [1.165, 1.54) is 36.8 Å². The third-order valence-corrected chi connectivity index (χ3v) is 3.27. The van der Waals surface area contributed by atoms with Gasteiger partial charge >= 0.3 is 0 Å². The van der Waals surface area contributed by atoms with Crippen LogP contribution < -0.4 is 0 Å². The van der Waals surface area contributed by atoms with Crippen LogP contribution in [0.2, 0.25) is 0 Å². The highest BCUT2D eigenvalue weighted by atomic mass is 16.5. The molecule has 1 aliphatic rings. The minimum Gasteiger partial charge on any atom is -0.501 e. The van der Waals surface area contributed by atoms with E-state index in [0.717, 1.165) is 25.0 Å². The smallest absolute Gasteiger partial charge is 0.0901 e. The molecule has 1 fully saturated rings. The maximum atomic E-state index is 5.58. The van der Waals surface area contributed by atoms with Gasteiger partial charge in [0.25, 0.3) is 0 Å². The molecule has 1 aliphatic carbocycles. The largest absolute Gasteiger partial charge is 0.501 e. The first-order valence-electron chi connectivity index (χ1n) is 7.08. The van der Waals surface area contributed by atoms with Crippen molar-refractivity contribution in [3.8, 4) is 0 Å². The van der Waals surface area contributed by atoms with E-state index in [0.29, 0.717) is 0 Å². The SMILES string of the molecule is CC(C)=COCC1CCC(COC=C(C)C)CC1. The van der Waals surface area contributed by atoms with Crippen LogP contribution >= 0.6 is 0 Å². The number of allylic oxidation sites excluding steroid dienone is 2. The van der Waals surface area contributed by atoms with Crippen molar-refractivity contribution in [2.24, 2.45) is 11.8 Å². The minimum atomic E-state index is 0.736. The van der Waals surface area contributed by atoms with E-state index in [4.69, 9.17) is 9.47 Å². The third kappa shape index (κ3) is 6.73. The van der Waals surface area contributed by atoms with Gasteiger partial charge < -0.3 is 9.47 Å². The van der Waals surface area contributed by atoms with Crippen molar-refractivity contribution in [3.05, 3.63) is 23.7 Å². The van der Waals surface area contributed by atoms with Gasteiger partial charge in [-0.15, -0.1) is 0 Å². The maximum Gasteiger partial charge on any atom is 0.0901 e. The molecular weight excluding hydrogens is 224 g/mol.